The van der Waals surface area contributed by atoms with E-state index in [0.29, 0.717) is 40.5 Å². The average molecular weight is 403 g/mol. The fourth-order valence-electron chi connectivity index (χ4n) is 2.90. The van der Waals surface area contributed by atoms with Crippen molar-refractivity contribution in [1.82, 2.24) is 9.97 Å². The second-order valence-electron chi connectivity index (χ2n) is 6.75. The molecule has 0 atom stereocenters. The van der Waals surface area contributed by atoms with Crippen molar-refractivity contribution in [2.45, 2.75) is 49.8 Å². The Hall–Kier alpha value is -1.11. The Balaban J connectivity index is 2.15. The predicted molar refractivity (Wildman–Crippen MR) is 99.3 cm³/mol. The van der Waals surface area contributed by atoms with Crippen LogP contribution in [0.4, 0.5) is 0 Å². The van der Waals surface area contributed by atoms with Crippen LogP contribution in [0.5, 0.6) is 5.88 Å². The molecule has 0 saturated heterocycles. The molecule has 25 heavy (non-hydrogen) atoms. The third kappa shape index (κ3) is 3.86. The van der Waals surface area contributed by atoms with Crippen LogP contribution < -0.4 is 4.74 Å². The van der Waals surface area contributed by atoms with Crippen molar-refractivity contribution in [2.75, 3.05) is 6.61 Å². The van der Waals surface area contributed by atoms with Gasteiger partial charge in [0.2, 0.25) is 14.9 Å². The summed E-state index contributed by atoms with van der Waals surface area (Å²) in [7, 11) is -3.61. The molecule has 1 saturated carbocycles. The lowest BCUT2D eigenvalue weighted by Crippen LogP contribution is -2.21. The van der Waals surface area contributed by atoms with E-state index in [1.807, 2.05) is 13.8 Å². The van der Waals surface area contributed by atoms with Crippen LogP contribution in [0.2, 0.25) is 10.0 Å². The summed E-state index contributed by atoms with van der Waals surface area (Å²) in [5.41, 5.74) is 0.849. The van der Waals surface area contributed by atoms with Gasteiger partial charge in [-0.2, -0.15) is 0 Å². The standard InChI is InChI=1S/C17H20Cl2N2O3S/c1-10(2)9-24-16-17(25(22,23)11-5-3-4-6-11)21-15-8-13(19)12(18)7-14(15)20-16/h7-8,10-11H,3-6,9H2,1-2H3. The molecule has 5 nitrogen and oxygen atoms in total. The number of rotatable bonds is 5. The van der Waals surface area contributed by atoms with E-state index in [-0.39, 0.29) is 16.8 Å². The van der Waals surface area contributed by atoms with Gasteiger partial charge in [-0.1, -0.05) is 49.9 Å². The van der Waals surface area contributed by atoms with Gasteiger partial charge in [0.05, 0.1) is 32.9 Å². The maximum Gasteiger partial charge on any atom is 0.252 e. The Morgan fingerprint density at radius 2 is 1.68 bits per heavy atom. The Morgan fingerprint density at radius 1 is 1.12 bits per heavy atom. The van der Waals surface area contributed by atoms with Crippen molar-refractivity contribution in [3.63, 3.8) is 0 Å². The zero-order valence-electron chi connectivity index (χ0n) is 14.1. The maximum atomic E-state index is 13.1. The number of aromatic nitrogens is 2. The molecule has 1 aromatic carbocycles. The molecule has 0 amide bonds. The Morgan fingerprint density at radius 3 is 2.24 bits per heavy atom. The molecule has 0 aliphatic heterocycles. The van der Waals surface area contributed by atoms with Gasteiger partial charge in [-0.15, -0.1) is 0 Å². The van der Waals surface area contributed by atoms with Crippen LogP contribution in [-0.2, 0) is 9.84 Å². The minimum atomic E-state index is -3.61. The molecule has 3 rings (SSSR count). The van der Waals surface area contributed by atoms with Crippen molar-refractivity contribution < 1.29 is 13.2 Å². The first kappa shape index (κ1) is 18.7. The Kier molecular flexibility index (Phi) is 5.42. The third-order valence-corrected chi connectivity index (χ3v) is 7.08. The monoisotopic (exact) mass is 402 g/mol. The lowest BCUT2D eigenvalue weighted by atomic mass is 10.2. The predicted octanol–water partition coefficient (Wildman–Crippen LogP) is 4.69. The van der Waals surface area contributed by atoms with E-state index >= 15 is 0 Å². The van der Waals surface area contributed by atoms with Gasteiger partial charge in [-0.3, -0.25) is 0 Å². The van der Waals surface area contributed by atoms with Crippen LogP contribution >= 0.6 is 23.2 Å². The molecule has 136 valence electrons. The molecule has 1 aromatic heterocycles. The molecule has 1 fully saturated rings. The summed E-state index contributed by atoms with van der Waals surface area (Å²) in [5, 5.41) is 0.127. The summed E-state index contributed by atoms with van der Waals surface area (Å²) in [4.78, 5) is 8.73. The second-order valence-corrected chi connectivity index (χ2v) is 9.70. The minimum Gasteiger partial charge on any atom is -0.475 e. The number of hydrogen-bond acceptors (Lipinski definition) is 5. The van der Waals surface area contributed by atoms with E-state index in [2.05, 4.69) is 9.97 Å². The largest absolute Gasteiger partial charge is 0.475 e. The summed E-state index contributed by atoms with van der Waals surface area (Å²) >= 11 is 12.1. The fourth-order valence-corrected chi connectivity index (χ4v) is 5.06. The van der Waals surface area contributed by atoms with Crippen molar-refractivity contribution in [1.29, 1.82) is 0 Å². The smallest absolute Gasteiger partial charge is 0.252 e. The minimum absolute atomic E-state index is 0.0477. The Bertz CT molecular complexity index is 894. The first-order valence-electron chi connectivity index (χ1n) is 8.32. The van der Waals surface area contributed by atoms with Crippen LogP contribution in [0.1, 0.15) is 39.5 Å². The van der Waals surface area contributed by atoms with Gasteiger partial charge in [0.25, 0.3) is 5.88 Å². The summed E-state index contributed by atoms with van der Waals surface area (Å²) in [5.74, 6) is 0.278. The van der Waals surface area contributed by atoms with Gasteiger partial charge >= 0.3 is 0 Å². The van der Waals surface area contributed by atoms with Crippen molar-refractivity contribution in [3.8, 4) is 5.88 Å². The van der Waals surface area contributed by atoms with E-state index in [4.69, 9.17) is 27.9 Å². The fraction of sp³-hybridized carbons (Fsp3) is 0.529. The third-order valence-electron chi connectivity index (χ3n) is 4.21. The van der Waals surface area contributed by atoms with Crippen molar-refractivity contribution in [3.05, 3.63) is 22.2 Å². The highest BCUT2D eigenvalue weighted by molar-refractivity contribution is 7.92. The second kappa shape index (κ2) is 7.25. The van der Waals surface area contributed by atoms with Gasteiger partial charge in [0.1, 0.15) is 0 Å². The number of fused-ring (bicyclic) bond motifs is 1. The van der Waals surface area contributed by atoms with E-state index in [0.717, 1.165) is 12.8 Å². The van der Waals surface area contributed by atoms with E-state index in [1.165, 1.54) is 6.07 Å². The van der Waals surface area contributed by atoms with Crippen LogP contribution in [0, 0.1) is 5.92 Å². The average Bonchev–Trinajstić information content (AvgIpc) is 3.08. The van der Waals surface area contributed by atoms with E-state index in [9.17, 15) is 8.42 Å². The lowest BCUT2D eigenvalue weighted by Gasteiger charge is -2.16. The molecule has 2 aromatic rings. The molecule has 1 aliphatic carbocycles. The first-order chi connectivity index (χ1) is 11.8. The Labute approximate surface area is 157 Å². The normalized spacial score (nSPS) is 16.0. The zero-order valence-corrected chi connectivity index (χ0v) is 16.5. The number of benzene rings is 1. The van der Waals surface area contributed by atoms with Crippen LogP contribution in [0.3, 0.4) is 0 Å². The SMILES string of the molecule is CC(C)COc1nc2cc(Cl)c(Cl)cc2nc1S(=O)(=O)C1CCCC1. The number of nitrogens with zero attached hydrogens (tertiary/aromatic N) is 2. The van der Waals surface area contributed by atoms with E-state index in [1.54, 1.807) is 6.07 Å². The summed E-state index contributed by atoms with van der Waals surface area (Å²) in [6.45, 7) is 4.32. The highest BCUT2D eigenvalue weighted by atomic mass is 35.5. The van der Waals surface area contributed by atoms with Gasteiger partial charge in [0.15, 0.2) is 0 Å². The molecular weight excluding hydrogens is 383 g/mol. The van der Waals surface area contributed by atoms with Crippen molar-refractivity contribution >= 4 is 44.1 Å². The first-order valence-corrected chi connectivity index (χ1v) is 10.6. The van der Waals surface area contributed by atoms with Gasteiger partial charge in [0, 0.05) is 0 Å². The molecule has 0 unspecified atom stereocenters. The number of hydrogen-bond donors (Lipinski definition) is 0. The van der Waals surface area contributed by atoms with Crippen molar-refractivity contribution in [2.24, 2.45) is 5.92 Å². The molecule has 0 bridgehead atoms. The summed E-state index contributed by atoms with van der Waals surface area (Å²) < 4.78 is 31.8. The molecule has 8 heteroatoms. The molecule has 0 spiro atoms. The van der Waals surface area contributed by atoms with Gasteiger partial charge in [-0.05, 0) is 30.9 Å². The highest BCUT2D eigenvalue weighted by Crippen LogP contribution is 2.35. The number of halogens is 2. The van der Waals surface area contributed by atoms with Crippen LogP contribution in [0.15, 0.2) is 17.2 Å². The maximum absolute atomic E-state index is 13.1. The quantitative estimate of drug-likeness (QED) is 0.725. The van der Waals surface area contributed by atoms with Gasteiger partial charge in [-0.25, -0.2) is 18.4 Å². The number of sulfone groups is 1. The molecule has 0 radical (unpaired) electrons. The lowest BCUT2D eigenvalue weighted by molar-refractivity contribution is 0.253. The molecule has 1 aliphatic rings. The topological polar surface area (TPSA) is 69.2 Å². The zero-order chi connectivity index (χ0) is 18.2. The van der Waals surface area contributed by atoms with Crippen LogP contribution in [-0.4, -0.2) is 30.2 Å². The number of ether oxygens (including phenoxy) is 1. The molecule has 1 heterocycles. The molecule has 0 N–H and O–H groups in total. The summed E-state index contributed by atoms with van der Waals surface area (Å²) in [6.07, 6.45) is 3.11. The van der Waals surface area contributed by atoms with E-state index < -0.39 is 15.1 Å². The van der Waals surface area contributed by atoms with Gasteiger partial charge < -0.3 is 4.74 Å². The summed E-state index contributed by atoms with van der Waals surface area (Å²) in [6, 6.07) is 3.10. The highest BCUT2D eigenvalue weighted by Gasteiger charge is 2.35. The van der Waals surface area contributed by atoms with Crippen LogP contribution in [0.25, 0.3) is 11.0 Å². The molecular formula is C17H20Cl2N2O3S.